The van der Waals surface area contributed by atoms with Crippen molar-refractivity contribution in [1.82, 2.24) is 4.90 Å². The Morgan fingerprint density at radius 1 is 1.90 bits per heavy atom. The van der Waals surface area contributed by atoms with Crippen LogP contribution in [0.2, 0.25) is 0 Å². The average molecular weight is 138 g/mol. The Kier molecular flexibility index (Phi) is 2.10. The molecular weight excluding hydrogens is 124 g/mol. The second kappa shape index (κ2) is 2.86. The second-order valence-corrected chi connectivity index (χ2v) is 2.72. The lowest BCUT2D eigenvalue weighted by atomic mass is 10.1. The van der Waals surface area contributed by atoms with Crippen LogP contribution in [-0.2, 0) is 0 Å². The fourth-order valence-corrected chi connectivity index (χ4v) is 1.41. The van der Waals surface area contributed by atoms with E-state index in [-0.39, 0.29) is 0 Å². The van der Waals surface area contributed by atoms with Gasteiger partial charge in [0.2, 0.25) is 0 Å². The minimum Gasteiger partial charge on any atom is -0.369 e. The maximum absolute atomic E-state index is 7.43. The zero-order valence-electron chi connectivity index (χ0n) is 6.43. The number of nitrogens with zero attached hydrogens (tertiary/aromatic N) is 1. The van der Waals surface area contributed by atoms with Gasteiger partial charge >= 0.3 is 0 Å². The van der Waals surface area contributed by atoms with Crippen LogP contribution in [0.1, 0.15) is 19.8 Å². The Morgan fingerprint density at radius 3 is 3.00 bits per heavy atom. The summed E-state index contributed by atoms with van der Waals surface area (Å²) in [5.74, 6) is 0. The van der Waals surface area contributed by atoms with Gasteiger partial charge in [0.25, 0.3) is 0 Å². The van der Waals surface area contributed by atoms with Crippen LogP contribution in [0.5, 0.6) is 0 Å². The molecule has 0 spiro atoms. The third-order valence-corrected chi connectivity index (χ3v) is 2.03. The van der Waals surface area contributed by atoms with E-state index in [0.717, 1.165) is 25.1 Å². The fraction of sp³-hybridized carbons (Fsp3) is 0.625. The van der Waals surface area contributed by atoms with Crippen LogP contribution in [-0.4, -0.2) is 23.2 Å². The Bertz CT molecular complexity index is 151. The number of rotatable bonds is 2. The van der Waals surface area contributed by atoms with Crippen LogP contribution in [0.15, 0.2) is 12.8 Å². The van der Waals surface area contributed by atoms with E-state index in [9.17, 15) is 0 Å². The molecule has 1 heterocycles. The van der Waals surface area contributed by atoms with Gasteiger partial charge in [-0.1, -0.05) is 13.5 Å². The molecular formula is C8H14N2. The lowest BCUT2D eigenvalue weighted by Gasteiger charge is -2.19. The molecule has 1 saturated heterocycles. The molecule has 1 N–H and O–H groups in total. The van der Waals surface area contributed by atoms with E-state index in [1.54, 1.807) is 0 Å². The van der Waals surface area contributed by atoms with Crippen molar-refractivity contribution in [3.63, 3.8) is 0 Å². The molecule has 0 aliphatic carbocycles. The molecule has 0 aromatic carbocycles. The topological polar surface area (TPSA) is 27.1 Å². The first kappa shape index (κ1) is 7.32. The average Bonchev–Trinajstić information content (AvgIpc) is 2.30. The van der Waals surface area contributed by atoms with Crippen molar-refractivity contribution < 1.29 is 0 Å². The van der Waals surface area contributed by atoms with Crippen molar-refractivity contribution in [2.45, 2.75) is 25.8 Å². The molecule has 0 radical (unpaired) electrons. The molecule has 1 aliphatic heterocycles. The Balaban J connectivity index is 2.56. The van der Waals surface area contributed by atoms with E-state index in [4.69, 9.17) is 5.41 Å². The summed E-state index contributed by atoms with van der Waals surface area (Å²) in [5, 5.41) is 7.43. The van der Waals surface area contributed by atoms with Crippen molar-refractivity contribution in [1.29, 1.82) is 5.41 Å². The van der Waals surface area contributed by atoms with Crippen molar-refractivity contribution in [3.05, 3.63) is 12.8 Å². The van der Waals surface area contributed by atoms with E-state index in [1.165, 1.54) is 0 Å². The first-order valence-electron chi connectivity index (χ1n) is 3.72. The quantitative estimate of drug-likeness (QED) is 0.617. The molecule has 1 aliphatic rings. The second-order valence-electron chi connectivity index (χ2n) is 2.72. The highest BCUT2D eigenvalue weighted by Crippen LogP contribution is 2.16. The van der Waals surface area contributed by atoms with Gasteiger partial charge in [0.1, 0.15) is 0 Å². The van der Waals surface area contributed by atoms with Gasteiger partial charge in [0.15, 0.2) is 0 Å². The lowest BCUT2D eigenvalue weighted by Crippen LogP contribution is -2.22. The third-order valence-electron chi connectivity index (χ3n) is 2.03. The van der Waals surface area contributed by atoms with Gasteiger partial charge < -0.3 is 10.3 Å². The highest BCUT2D eigenvalue weighted by atomic mass is 15.2. The molecule has 0 amide bonds. The van der Waals surface area contributed by atoms with E-state index < -0.39 is 0 Å². The monoisotopic (exact) mass is 138 g/mol. The van der Waals surface area contributed by atoms with Crippen molar-refractivity contribution in [2.24, 2.45) is 0 Å². The standard InChI is InChI=1S/C8H14N2/c1-3-8-5-7(9)6-10(8)4-2/h4,8-9H,2-3,5-6H2,1H3. The van der Waals surface area contributed by atoms with Gasteiger partial charge in [-0.3, -0.25) is 0 Å². The maximum atomic E-state index is 7.43. The minimum atomic E-state index is 0.546. The summed E-state index contributed by atoms with van der Waals surface area (Å²) in [6.07, 6.45) is 3.90. The molecule has 0 aromatic heterocycles. The fourth-order valence-electron chi connectivity index (χ4n) is 1.41. The van der Waals surface area contributed by atoms with Crippen LogP contribution in [0, 0.1) is 5.41 Å². The SMILES string of the molecule is C=CN1CC(=N)CC1CC. The molecule has 1 atom stereocenters. The molecule has 0 bridgehead atoms. The molecule has 1 fully saturated rings. The summed E-state index contributed by atoms with van der Waals surface area (Å²) in [6.45, 7) is 6.65. The van der Waals surface area contributed by atoms with Gasteiger partial charge in [0, 0.05) is 18.2 Å². The molecule has 2 heteroatoms. The number of hydrogen-bond acceptors (Lipinski definition) is 2. The number of nitrogens with one attached hydrogen (secondary N) is 1. The van der Waals surface area contributed by atoms with E-state index in [1.807, 2.05) is 6.20 Å². The molecule has 56 valence electrons. The Labute approximate surface area is 62.0 Å². The summed E-state index contributed by atoms with van der Waals surface area (Å²) >= 11 is 0. The number of hydrogen-bond donors (Lipinski definition) is 1. The largest absolute Gasteiger partial charge is 0.369 e. The van der Waals surface area contributed by atoms with Crippen LogP contribution in [0.3, 0.4) is 0 Å². The maximum Gasteiger partial charge on any atom is 0.0553 e. The van der Waals surface area contributed by atoms with Gasteiger partial charge in [-0.05, 0) is 12.6 Å². The first-order chi connectivity index (χ1) is 4.77. The first-order valence-corrected chi connectivity index (χ1v) is 3.72. The molecule has 10 heavy (non-hydrogen) atoms. The highest BCUT2D eigenvalue weighted by molar-refractivity contribution is 5.86. The molecule has 0 aromatic rings. The van der Waals surface area contributed by atoms with Gasteiger partial charge in [-0.25, -0.2) is 0 Å². The zero-order valence-corrected chi connectivity index (χ0v) is 6.43. The molecule has 1 rings (SSSR count). The highest BCUT2D eigenvalue weighted by Gasteiger charge is 2.22. The van der Waals surface area contributed by atoms with Crippen LogP contribution < -0.4 is 0 Å². The Morgan fingerprint density at radius 2 is 2.60 bits per heavy atom. The van der Waals surface area contributed by atoms with Gasteiger partial charge in [-0.2, -0.15) is 0 Å². The van der Waals surface area contributed by atoms with E-state index >= 15 is 0 Å². The zero-order chi connectivity index (χ0) is 7.56. The van der Waals surface area contributed by atoms with E-state index in [2.05, 4.69) is 18.4 Å². The summed E-state index contributed by atoms with van der Waals surface area (Å²) in [6, 6.07) is 0.546. The molecule has 2 nitrogen and oxygen atoms in total. The van der Waals surface area contributed by atoms with Crippen LogP contribution in [0.25, 0.3) is 0 Å². The lowest BCUT2D eigenvalue weighted by molar-refractivity contribution is 0.344. The van der Waals surface area contributed by atoms with Gasteiger partial charge in [0.05, 0.1) is 6.54 Å². The minimum absolute atomic E-state index is 0.546. The van der Waals surface area contributed by atoms with Crippen molar-refractivity contribution >= 4 is 5.71 Å². The smallest absolute Gasteiger partial charge is 0.0553 e. The van der Waals surface area contributed by atoms with Gasteiger partial charge in [-0.15, -0.1) is 0 Å². The Hall–Kier alpha value is -0.790. The summed E-state index contributed by atoms with van der Waals surface area (Å²) in [4.78, 5) is 2.14. The van der Waals surface area contributed by atoms with E-state index in [0.29, 0.717) is 6.04 Å². The predicted octanol–water partition coefficient (Wildman–Crippen LogP) is 1.63. The molecule has 1 unspecified atom stereocenters. The van der Waals surface area contributed by atoms with Crippen LogP contribution in [0.4, 0.5) is 0 Å². The summed E-state index contributed by atoms with van der Waals surface area (Å²) in [7, 11) is 0. The van der Waals surface area contributed by atoms with Crippen LogP contribution >= 0.6 is 0 Å². The third kappa shape index (κ3) is 1.20. The predicted molar refractivity (Wildman–Crippen MR) is 43.3 cm³/mol. The number of likely N-dealkylation sites (tertiary alicyclic amines) is 1. The normalized spacial score (nSPS) is 25.5. The van der Waals surface area contributed by atoms with Crippen molar-refractivity contribution in [2.75, 3.05) is 6.54 Å². The molecule has 0 saturated carbocycles. The summed E-state index contributed by atoms with van der Waals surface area (Å²) in [5.41, 5.74) is 0.840. The van der Waals surface area contributed by atoms with Crippen molar-refractivity contribution in [3.8, 4) is 0 Å². The summed E-state index contributed by atoms with van der Waals surface area (Å²) < 4.78 is 0.